The molecule has 2 heterocycles. The van der Waals surface area contributed by atoms with Gasteiger partial charge >= 0.3 is 0 Å². The van der Waals surface area contributed by atoms with Gasteiger partial charge in [-0.1, -0.05) is 0 Å². The number of halogens is 2. The molecule has 0 saturated heterocycles. The van der Waals surface area contributed by atoms with E-state index in [1.165, 1.54) is 5.56 Å². The van der Waals surface area contributed by atoms with E-state index in [2.05, 4.69) is 54.8 Å². The van der Waals surface area contributed by atoms with Gasteiger partial charge in [0.2, 0.25) is 0 Å². The molecule has 2 rings (SSSR count). The second-order valence-electron chi connectivity index (χ2n) is 3.21. The Labute approximate surface area is 99.0 Å². The van der Waals surface area contributed by atoms with Gasteiger partial charge in [0.1, 0.15) is 4.60 Å². The third-order valence-corrected chi connectivity index (χ3v) is 3.79. The molecule has 4 heteroatoms. The molecule has 0 bridgehead atoms. The van der Waals surface area contributed by atoms with Gasteiger partial charge in [0, 0.05) is 11.1 Å². The van der Waals surface area contributed by atoms with Crippen LogP contribution in [0.1, 0.15) is 11.3 Å². The van der Waals surface area contributed by atoms with E-state index in [0.29, 0.717) is 0 Å². The van der Waals surface area contributed by atoms with Crippen molar-refractivity contribution in [2.75, 3.05) is 0 Å². The maximum absolute atomic E-state index is 4.38. The third kappa shape index (κ3) is 1.68. The highest BCUT2D eigenvalue weighted by Gasteiger charge is 2.05. The average molecular weight is 316 g/mol. The van der Waals surface area contributed by atoms with Gasteiger partial charge in [-0.2, -0.15) is 0 Å². The van der Waals surface area contributed by atoms with Gasteiger partial charge in [-0.25, -0.2) is 9.97 Å². The van der Waals surface area contributed by atoms with E-state index in [9.17, 15) is 0 Å². The first-order valence-electron chi connectivity index (χ1n) is 4.18. The second-order valence-corrected chi connectivity index (χ2v) is 4.82. The summed E-state index contributed by atoms with van der Waals surface area (Å²) in [6.07, 6.45) is 0. The van der Waals surface area contributed by atoms with E-state index >= 15 is 0 Å². The largest absolute Gasteiger partial charge is 0.233 e. The van der Waals surface area contributed by atoms with Crippen LogP contribution in [-0.4, -0.2) is 9.97 Å². The lowest BCUT2D eigenvalue weighted by Crippen LogP contribution is -1.91. The van der Waals surface area contributed by atoms with E-state index < -0.39 is 0 Å². The first-order chi connectivity index (χ1) is 6.58. The minimum absolute atomic E-state index is 0.789. The van der Waals surface area contributed by atoms with Crippen molar-refractivity contribution in [1.29, 1.82) is 0 Å². The van der Waals surface area contributed by atoms with Gasteiger partial charge in [-0.3, -0.25) is 0 Å². The van der Waals surface area contributed by atoms with E-state index in [1.807, 2.05) is 13.0 Å². The molecule has 2 nitrogen and oxygen atoms in total. The zero-order valence-electron chi connectivity index (χ0n) is 7.81. The van der Waals surface area contributed by atoms with Crippen LogP contribution in [0.4, 0.5) is 0 Å². The van der Waals surface area contributed by atoms with E-state index in [4.69, 9.17) is 0 Å². The number of rotatable bonds is 0. The van der Waals surface area contributed by atoms with Gasteiger partial charge in [0.25, 0.3) is 0 Å². The lowest BCUT2D eigenvalue weighted by Gasteiger charge is -2.04. The van der Waals surface area contributed by atoms with Crippen molar-refractivity contribution < 1.29 is 0 Å². The summed E-state index contributed by atoms with van der Waals surface area (Å²) in [4.78, 5) is 8.73. The number of aromatic nitrogens is 2. The van der Waals surface area contributed by atoms with Crippen LogP contribution in [-0.2, 0) is 0 Å². The highest BCUT2D eigenvalue weighted by molar-refractivity contribution is 9.13. The minimum Gasteiger partial charge on any atom is -0.233 e. The summed E-state index contributed by atoms with van der Waals surface area (Å²) < 4.78 is 1.75. The van der Waals surface area contributed by atoms with Crippen molar-refractivity contribution in [2.24, 2.45) is 0 Å². The Morgan fingerprint density at radius 1 is 1.07 bits per heavy atom. The molecule has 0 aliphatic rings. The van der Waals surface area contributed by atoms with Gasteiger partial charge in [0.05, 0.1) is 4.47 Å². The molecule has 14 heavy (non-hydrogen) atoms. The maximum Gasteiger partial charge on any atom is 0.160 e. The molecule has 0 aromatic carbocycles. The standard InChI is InChI=1S/C10H8Br2N2/c1-5-3-6(2)13-10-7(5)4-8(11)9(12)14-10/h3-4H,1-2H3. The zero-order chi connectivity index (χ0) is 10.3. The SMILES string of the molecule is Cc1cc(C)c2cc(Br)c(Br)nc2n1. The second kappa shape index (κ2) is 3.59. The van der Waals surface area contributed by atoms with Gasteiger partial charge in [-0.05, 0) is 63.4 Å². The summed E-state index contributed by atoms with van der Waals surface area (Å²) in [5, 5.41) is 1.09. The van der Waals surface area contributed by atoms with Crippen LogP contribution in [0.3, 0.4) is 0 Å². The van der Waals surface area contributed by atoms with Crippen molar-refractivity contribution in [3.05, 3.63) is 32.5 Å². The molecule has 0 aliphatic carbocycles. The third-order valence-electron chi connectivity index (χ3n) is 2.05. The predicted octanol–water partition coefficient (Wildman–Crippen LogP) is 3.77. The molecule has 0 N–H and O–H groups in total. The van der Waals surface area contributed by atoms with E-state index in [-0.39, 0.29) is 0 Å². The number of aryl methyl sites for hydroxylation is 2. The zero-order valence-corrected chi connectivity index (χ0v) is 11.0. The average Bonchev–Trinajstić information content (AvgIpc) is 2.08. The fraction of sp³-hybridized carbons (Fsp3) is 0.200. The molecular weight excluding hydrogens is 308 g/mol. The Kier molecular flexibility index (Phi) is 2.58. The molecule has 0 amide bonds. The lowest BCUT2D eigenvalue weighted by atomic mass is 10.1. The summed E-state index contributed by atoms with van der Waals surface area (Å²) in [5.74, 6) is 0. The number of hydrogen-bond acceptors (Lipinski definition) is 2. The molecule has 2 aromatic rings. The quantitative estimate of drug-likeness (QED) is 0.692. The maximum atomic E-state index is 4.38. The smallest absolute Gasteiger partial charge is 0.160 e. The molecule has 0 unspecified atom stereocenters. The molecule has 2 aromatic heterocycles. The molecule has 0 atom stereocenters. The Morgan fingerprint density at radius 3 is 2.50 bits per heavy atom. The highest BCUT2D eigenvalue weighted by atomic mass is 79.9. The van der Waals surface area contributed by atoms with Crippen LogP contribution < -0.4 is 0 Å². The minimum atomic E-state index is 0.789. The van der Waals surface area contributed by atoms with E-state index in [0.717, 1.165) is 25.8 Å². The van der Waals surface area contributed by atoms with Gasteiger partial charge in [-0.15, -0.1) is 0 Å². The molecule has 72 valence electrons. The molecule has 0 aliphatic heterocycles. The summed E-state index contributed by atoms with van der Waals surface area (Å²) in [5.41, 5.74) is 2.99. The van der Waals surface area contributed by atoms with Crippen LogP contribution in [0.5, 0.6) is 0 Å². The summed E-state index contributed by atoms with van der Waals surface area (Å²) >= 11 is 6.80. The number of nitrogens with zero attached hydrogens (tertiary/aromatic N) is 2. The molecular formula is C10H8Br2N2. The summed E-state index contributed by atoms with van der Waals surface area (Å²) in [7, 11) is 0. The first kappa shape index (κ1) is 10.1. The first-order valence-corrected chi connectivity index (χ1v) is 5.76. The fourth-order valence-electron chi connectivity index (χ4n) is 1.42. The van der Waals surface area contributed by atoms with E-state index in [1.54, 1.807) is 0 Å². The highest BCUT2D eigenvalue weighted by Crippen LogP contribution is 2.26. The number of fused-ring (bicyclic) bond motifs is 1. The van der Waals surface area contributed by atoms with Crippen LogP contribution in [0, 0.1) is 13.8 Å². The number of hydrogen-bond donors (Lipinski definition) is 0. The van der Waals surface area contributed by atoms with Crippen LogP contribution >= 0.6 is 31.9 Å². The lowest BCUT2D eigenvalue weighted by molar-refractivity contribution is 1.17. The molecule has 0 radical (unpaired) electrons. The normalized spacial score (nSPS) is 10.9. The fourth-order valence-corrected chi connectivity index (χ4v) is 2.02. The molecule has 0 saturated carbocycles. The monoisotopic (exact) mass is 314 g/mol. The topological polar surface area (TPSA) is 25.8 Å². The Bertz CT molecular complexity index is 509. The van der Waals surface area contributed by atoms with Crippen molar-refractivity contribution >= 4 is 42.9 Å². The van der Waals surface area contributed by atoms with Crippen LogP contribution in [0.25, 0.3) is 11.0 Å². The number of pyridine rings is 2. The van der Waals surface area contributed by atoms with Crippen LogP contribution in [0.2, 0.25) is 0 Å². The van der Waals surface area contributed by atoms with Crippen LogP contribution in [0.15, 0.2) is 21.2 Å². The van der Waals surface area contributed by atoms with Crippen molar-refractivity contribution in [2.45, 2.75) is 13.8 Å². The Hall–Kier alpha value is -0.480. The van der Waals surface area contributed by atoms with Gasteiger partial charge < -0.3 is 0 Å². The van der Waals surface area contributed by atoms with Crippen molar-refractivity contribution in [3.63, 3.8) is 0 Å². The Balaban J connectivity index is 2.89. The molecule has 0 spiro atoms. The predicted molar refractivity (Wildman–Crippen MR) is 64.4 cm³/mol. The van der Waals surface area contributed by atoms with Crippen molar-refractivity contribution in [1.82, 2.24) is 9.97 Å². The Morgan fingerprint density at radius 2 is 1.79 bits per heavy atom. The van der Waals surface area contributed by atoms with Crippen molar-refractivity contribution in [3.8, 4) is 0 Å². The summed E-state index contributed by atoms with van der Waals surface area (Å²) in [6.45, 7) is 4.04. The van der Waals surface area contributed by atoms with Gasteiger partial charge in [0.15, 0.2) is 5.65 Å². The molecule has 0 fully saturated rings. The summed E-state index contributed by atoms with van der Waals surface area (Å²) in [6, 6.07) is 4.10.